The molecule has 3 aliphatic rings. The van der Waals surface area contributed by atoms with Gasteiger partial charge >= 0.3 is 6.03 Å². The minimum Gasteiger partial charge on any atom is -0.312 e. The van der Waals surface area contributed by atoms with E-state index in [1.54, 1.807) is 9.80 Å². The van der Waals surface area contributed by atoms with E-state index in [9.17, 15) is 14.4 Å². The Hall–Kier alpha value is -2.37. The summed E-state index contributed by atoms with van der Waals surface area (Å²) in [4.78, 5) is 42.9. The van der Waals surface area contributed by atoms with E-state index < -0.39 is 6.04 Å². The highest BCUT2D eigenvalue weighted by Crippen LogP contribution is 2.35. The molecule has 3 heterocycles. The predicted molar refractivity (Wildman–Crippen MR) is 93.4 cm³/mol. The van der Waals surface area contributed by atoms with Crippen LogP contribution < -0.4 is 4.90 Å². The number of rotatable bonds is 2. The molecule has 132 valence electrons. The number of benzene rings is 1. The molecule has 0 saturated carbocycles. The number of aryl methyl sites for hydroxylation is 3. The van der Waals surface area contributed by atoms with Crippen LogP contribution in [0.4, 0.5) is 10.5 Å². The number of amides is 4. The van der Waals surface area contributed by atoms with Gasteiger partial charge in [-0.05, 0) is 51.2 Å². The van der Waals surface area contributed by atoms with Crippen molar-refractivity contribution in [3.63, 3.8) is 0 Å². The van der Waals surface area contributed by atoms with E-state index in [-0.39, 0.29) is 23.9 Å². The van der Waals surface area contributed by atoms with Crippen molar-refractivity contribution in [3.05, 3.63) is 28.8 Å². The van der Waals surface area contributed by atoms with Gasteiger partial charge in [0.15, 0.2) is 0 Å². The maximum absolute atomic E-state index is 13.1. The molecule has 3 fully saturated rings. The monoisotopic (exact) mass is 341 g/mol. The number of urea groups is 1. The fraction of sp³-hybridized carbons (Fsp3) is 0.526. The van der Waals surface area contributed by atoms with Crippen molar-refractivity contribution in [2.75, 3.05) is 18.0 Å². The Bertz CT molecular complexity index is 743. The normalized spacial score (nSPS) is 26.2. The van der Waals surface area contributed by atoms with Crippen LogP contribution in [0.15, 0.2) is 12.1 Å². The van der Waals surface area contributed by atoms with Gasteiger partial charge < -0.3 is 9.80 Å². The first kappa shape index (κ1) is 16.1. The van der Waals surface area contributed by atoms with Gasteiger partial charge in [-0.1, -0.05) is 17.7 Å². The van der Waals surface area contributed by atoms with Crippen molar-refractivity contribution in [2.45, 2.75) is 52.1 Å². The second-order valence-electron chi connectivity index (χ2n) is 7.38. The molecule has 0 radical (unpaired) electrons. The summed E-state index contributed by atoms with van der Waals surface area (Å²) in [6, 6.07) is 2.82. The van der Waals surface area contributed by atoms with Gasteiger partial charge in [-0.3, -0.25) is 9.59 Å². The zero-order valence-corrected chi connectivity index (χ0v) is 14.9. The Labute approximate surface area is 147 Å². The van der Waals surface area contributed by atoms with Crippen LogP contribution in [0, 0.1) is 20.8 Å². The Kier molecular flexibility index (Phi) is 3.60. The summed E-state index contributed by atoms with van der Waals surface area (Å²) in [5.41, 5.74) is 4.17. The smallest absolute Gasteiger partial charge is 0.312 e. The third kappa shape index (κ3) is 2.27. The molecule has 0 N–H and O–H groups in total. The molecule has 0 aromatic heterocycles. The number of carbonyl (C=O) groups excluding carboxylic acids is 3. The largest absolute Gasteiger partial charge is 0.328 e. The molecule has 2 unspecified atom stereocenters. The second-order valence-corrected chi connectivity index (χ2v) is 7.38. The van der Waals surface area contributed by atoms with Crippen LogP contribution >= 0.6 is 0 Å². The fourth-order valence-electron chi connectivity index (χ4n) is 4.66. The summed E-state index contributed by atoms with van der Waals surface area (Å²) < 4.78 is 0. The van der Waals surface area contributed by atoms with Gasteiger partial charge in [0.25, 0.3) is 5.91 Å². The van der Waals surface area contributed by atoms with E-state index in [0.717, 1.165) is 28.8 Å². The lowest BCUT2D eigenvalue weighted by Crippen LogP contribution is -2.46. The molecule has 0 bridgehead atoms. The molecule has 6 heteroatoms. The number of hydrogen-bond donors (Lipinski definition) is 0. The SMILES string of the molecule is Cc1cc(C)c(N2CCC(N3C(=O)C4CCCN4C3=O)C2=O)c(C)c1. The zero-order valence-electron chi connectivity index (χ0n) is 14.9. The number of imide groups is 1. The third-order valence-corrected chi connectivity index (χ3v) is 5.62. The van der Waals surface area contributed by atoms with E-state index in [1.807, 2.05) is 20.8 Å². The third-order valence-electron chi connectivity index (χ3n) is 5.62. The van der Waals surface area contributed by atoms with E-state index in [1.165, 1.54) is 4.90 Å². The summed E-state index contributed by atoms with van der Waals surface area (Å²) in [5, 5.41) is 0. The van der Waals surface area contributed by atoms with Crippen LogP contribution in [0.3, 0.4) is 0 Å². The van der Waals surface area contributed by atoms with Crippen molar-refractivity contribution in [1.29, 1.82) is 0 Å². The lowest BCUT2D eigenvalue weighted by molar-refractivity contribution is -0.133. The molecule has 3 aliphatic heterocycles. The minimum atomic E-state index is -0.661. The number of anilines is 1. The quantitative estimate of drug-likeness (QED) is 0.775. The highest BCUT2D eigenvalue weighted by atomic mass is 16.2. The van der Waals surface area contributed by atoms with E-state index in [4.69, 9.17) is 0 Å². The summed E-state index contributed by atoms with van der Waals surface area (Å²) in [7, 11) is 0. The zero-order chi connectivity index (χ0) is 17.9. The van der Waals surface area contributed by atoms with E-state index >= 15 is 0 Å². The Morgan fingerprint density at radius 1 is 0.880 bits per heavy atom. The summed E-state index contributed by atoms with van der Waals surface area (Å²) in [6.07, 6.45) is 2.08. The van der Waals surface area contributed by atoms with Crippen molar-refractivity contribution in [3.8, 4) is 0 Å². The van der Waals surface area contributed by atoms with Crippen LogP contribution in [-0.4, -0.2) is 52.8 Å². The van der Waals surface area contributed by atoms with Gasteiger partial charge in [-0.25, -0.2) is 9.69 Å². The molecule has 1 aromatic carbocycles. The Morgan fingerprint density at radius 3 is 2.20 bits per heavy atom. The van der Waals surface area contributed by atoms with Crippen molar-refractivity contribution >= 4 is 23.5 Å². The summed E-state index contributed by atoms with van der Waals surface area (Å²) in [5.74, 6) is -0.335. The fourth-order valence-corrected chi connectivity index (χ4v) is 4.66. The lowest BCUT2D eigenvalue weighted by atomic mass is 10.0. The Balaban J connectivity index is 1.63. The molecule has 2 atom stereocenters. The van der Waals surface area contributed by atoms with Crippen molar-refractivity contribution < 1.29 is 14.4 Å². The van der Waals surface area contributed by atoms with Crippen LogP contribution in [-0.2, 0) is 9.59 Å². The number of fused-ring (bicyclic) bond motifs is 1. The Morgan fingerprint density at radius 2 is 1.56 bits per heavy atom. The highest BCUT2D eigenvalue weighted by molar-refractivity contribution is 6.11. The standard InChI is InChI=1S/C19H23N3O3/c1-11-9-12(2)16(13(3)10-11)21-8-6-15(17(21)23)22-18(24)14-5-4-7-20(14)19(22)25/h9-10,14-15H,4-8H2,1-3H3. The number of hydrogen-bond acceptors (Lipinski definition) is 3. The molecule has 0 aliphatic carbocycles. The van der Waals surface area contributed by atoms with Crippen LogP contribution in [0.2, 0.25) is 0 Å². The van der Waals surface area contributed by atoms with Crippen molar-refractivity contribution in [2.24, 2.45) is 0 Å². The lowest BCUT2D eigenvalue weighted by Gasteiger charge is -2.24. The van der Waals surface area contributed by atoms with Gasteiger partial charge in [0, 0.05) is 18.8 Å². The minimum absolute atomic E-state index is 0.141. The van der Waals surface area contributed by atoms with Crippen LogP contribution in [0.1, 0.15) is 36.0 Å². The summed E-state index contributed by atoms with van der Waals surface area (Å²) in [6.45, 7) is 7.19. The average molecular weight is 341 g/mol. The van der Waals surface area contributed by atoms with Gasteiger partial charge in [0.2, 0.25) is 5.91 Å². The molecular formula is C19H23N3O3. The molecule has 0 spiro atoms. The molecular weight excluding hydrogens is 318 g/mol. The number of nitrogens with zero attached hydrogens (tertiary/aromatic N) is 3. The number of carbonyl (C=O) groups is 3. The molecule has 6 nitrogen and oxygen atoms in total. The summed E-state index contributed by atoms with van der Waals surface area (Å²) >= 11 is 0. The van der Waals surface area contributed by atoms with Gasteiger partial charge in [0.1, 0.15) is 12.1 Å². The topological polar surface area (TPSA) is 60.9 Å². The maximum atomic E-state index is 13.1. The van der Waals surface area contributed by atoms with E-state index in [2.05, 4.69) is 12.1 Å². The van der Waals surface area contributed by atoms with Gasteiger partial charge in [0.05, 0.1) is 0 Å². The molecule has 4 rings (SSSR count). The predicted octanol–water partition coefficient (Wildman–Crippen LogP) is 2.14. The second kappa shape index (κ2) is 5.58. The molecule has 3 saturated heterocycles. The van der Waals surface area contributed by atoms with Gasteiger partial charge in [-0.15, -0.1) is 0 Å². The molecule has 4 amide bonds. The molecule has 25 heavy (non-hydrogen) atoms. The first-order chi connectivity index (χ1) is 11.9. The highest BCUT2D eigenvalue weighted by Gasteiger charge is 2.53. The van der Waals surface area contributed by atoms with Crippen molar-refractivity contribution in [1.82, 2.24) is 9.80 Å². The molecule has 1 aromatic rings. The first-order valence-electron chi connectivity index (χ1n) is 8.93. The first-order valence-corrected chi connectivity index (χ1v) is 8.93. The van der Waals surface area contributed by atoms with Gasteiger partial charge in [-0.2, -0.15) is 0 Å². The van der Waals surface area contributed by atoms with Crippen LogP contribution in [0.25, 0.3) is 0 Å². The maximum Gasteiger partial charge on any atom is 0.328 e. The average Bonchev–Trinajstić information content (AvgIpc) is 3.20. The van der Waals surface area contributed by atoms with E-state index in [0.29, 0.717) is 25.9 Å². The van der Waals surface area contributed by atoms with Crippen LogP contribution in [0.5, 0.6) is 0 Å².